The maximum atomic E-state index is 13.1. The van der Waals surface area contributed by atoms with Gasteiger partial charge in [0.05, 0.1) is 0 Å². The molecule has 4 nitrogen and oxygen atoms in total. The smallest absolute Gasteiger partial charge is 0.242 e. The minimum Gasteiger partial charge on any atom is -0.354 e. The van der Waals surface area contributed by atoms with E-state index in [9.17, 15) is 9.59 Å². The molecule has 0 bridgehead atoms. The first-order valence-electron chi connectivity index (χ1n) is 10.1. The zero-order valence-electron chi connectivity index (χ0n) is 17.7. The Balaban J connectivity index is 2.13. The van der Waals surface area contributed by atoms with E-state index in [2.05, 4.69) is 5.32 Å². The lowest BCUT2D eigenvalue weighted by atomic mass is 10.1. The van der Waals surface area contributed by atoms with E-state index in [1.165, 1.54) is 5.56 Å². The van der Waals surface area contributed by atoms with Gasteiger partial charge >= 0.3 is 0 Å². The highest BCUT2D eigenvalue weighted by molar-refractivity contribution is 6.31. The van der Waals surface area contributed by atoms with E-state index < -0.39 is 6.04 Å². The first-order valence-corrected chi connectivity index (χ1v) is 10.5. The van der Waals surface area contributed by atoms with Gasteiger partial charge in [-0.2, -0.15) is 0 Å². The molecular formula is C24H31ClN2O2. The van der Waals surface area contributed by atoms with Crippen molar-refractivity contribution in [3.63, 3.8) is 0 Å². The second kappa shape index (κ2) is 11.0. The Morgan fingerprint density at radius 3 is 2.31 bits per heavy atom. The fourth-order valence-electron chi connectivity index (χ4n) is 2.99. The molecule has 0 saturated heterocycles. The monoisotopic (exact) mass is 414 g/mol. The molecule has 2 rings (SSSR count). The molecule has 0 aliphatic heterocycles. The minimum absolute atomic E-state index is 0.0577. The normalized spacial score (nSPS) is 11.9. The number of rotatable bonds is 9. The van der Waals surface area contributed by atoms with Gasteiger partial charge in [-0.3, -0.25) is 9.59 Å². The summed E-state index contributed by atoms with van der Waals surface area (Å²) in [4.78, 5) is 27.4. The molecule has 0 heterocycles. The Kier molecular flexibility index (Phi) is 8.71. The zero-order chi connectivity index (χ0) is 21.4. The Labute approximate surface area is 179 Å². The van der Waals surface area contributed by atoms with Crippen LogP contribution in [0.4, 0.5) is 0 Å². The van der Waals surface area contributed by atoms with Crippen LogP contribution >= 0.6 is 11.6 Å². The first kappa shape index (κ1) is 23.0. The van der Waals surface area contributed by atoms with Gasteiger partial charge in [-0.15, -0.1) is 0 Å². The Morgan fingerprint density at radius 2 is 1.69 bits per heavy atom. The summed E-state index contributed by atoms with van der Waals surface area (Å²) in [5.41, 5.74) is 3.13. The average molecular weight is 415 g/mol. The minimum atomic E-state index is -0.574. The van der Waals surface area contributed by atoms with Gasteiger partial charge in [-0.25, -0.2) is 0 Å². The van der Waals surface area contributed by atoms with Gasteiger partial charge in [0.15, 0.2) is 0 Å². The third-order valence-corrected chi connectivity index (χ3v) is 5.27. The summed E-state index contributed by atoms with van der Waals surface area (Å²) in [6.45, 7) is 8.79. The summed E-state index contributed by atoms with van der Waals surface area (Å²) in [6.07, 6.45) is 0.980. The summed E-state index contributed by atoms with van der Waals surface area (Å²) in [6, 6.07) is 15.0. The molecular weight excluding hydrogens is 384 g/mol. The summed E-state index contributed by atoms with van der Waals surface area (Å²) >= 11 is 6.31. The van der Waals surface area contributed by atoms with Crippen molar-refractivity contribution in [3.05, 3.63) is 70.2 Å². The van der Waals surface area contributed by atoms with Crippen molar-refractivity contribution in [2.24, 2.45) is 5.92 Å². The van der Waals surface area contributed by atoms with Gasteiger partial charge in [-0.05, 0) is 43.4 Å². The van der Waals surface area contributed by atoms with Crippen LogP contribution in [0.15, 0.2) is 48.5 Å². The van der Waals surface area contributed by atoms with E-state index >= 15 is 0 Å². The van der Waals surface area contributed by atoms with E-state index in [0.717, 1.165) is 11.1 Å². The number of aryl methyl sites for hydroxylation is 2. The Morgan fingerprint density at radius 1 is 1.03 bits per heavy atom. The first-order chi connectivity index (χ1) is 13.8. The fourth-order valence-corrected chi connectivity index (χ4v) is 3.19. The van der Waals surface area contributed by atoms with Crippen molar-refractivity contribution >= 4 is 23.4 Å². The second-order valence-corrected chi connectivity index (χ2v) is 8.32. The van der Waals surface area contributed by atoms with Crippen molar-refractivity contribution in [1.82, 2.24) is 10.2 Å². The quantitative estimate of drug-likeness (QED) is 0.642. The molecule has 2 aromatic carbocycles. The zero-order valence-corrected chi connectivity index (χ0v) is 18.5. The van der Waals surface area contributed by atoms with Crippen LogP contribution in [0.2, 0.25) is 5.02 Å². The molecule has 2 amide bonds. The van der Waals surface area contributed by atoms with E-state index in [4.69, 9.17) is 11.6 Å². The molecule has 0 spiro atoms. The van der Waals surface area contributed by atoms with Gasteiger partial charge in [0.25, 0.3) is 0 Å². The van der Waals surface area contributed by atoms with Crippen LogP contribution in [0.3, 0.4) is 0 Å². The summed E-state index contributed by atoms with van der Waals surface area (Å²) in [5, 5.41) is 3.53. The molecule has 0 aromatic heterocycles. The van der Waals surface area contributed by atoms with Crippen LogP contribution in [0, 0.1) is 12.8 Å². The molecule has 0 radical (unpaired) electrons. The molecule has 0 aliphatic carbocycles. The summed E-state index contributed by atoms with van der Waals surface area (Å²) in [7, 11) is 0. The van der Waals surface area contributed by atoms with Crippen LogP contribution in [-0.2, 0) is 22.6 Å². The SMILES string of the molecule is Cc1ccc(CCC(=O)N(Cc2ccccc2Cl)[C@H](C)C(=O)NCC(C)C)cc1. The number of hydrogen-bond acceptors (Lipinski definition) is 2. The number of nitrogens with one attached hydrogen (secondary N) is 1. The second-order valence-electron chi connectivity index (χ2n) is 7.91. The van der Waals surface area contributed by atoms with Gasteiger partial charge in [-0.1, -0.05) is 73.5 Å². The van der Waals surface area contributed by atoms with Crippen LogP contribution in [0.1, 0.15) is 43.9 Å². The highest BCUT2D eigenvalue weighted by Crippen LogP contribution is 2.20. The Bertz CT molecular complexity index is 818. The maximum Gasteiger partial charge on any atom is 0.242 e. The van der Waals surface area contributed by atoms with Crippen LogP contribution in [-0.4, -0.2) is 29.3 Å². The largest absolute Gasteiger partial charge is 0.354 e. The van der Waals surface area contributed by atoms with E-state index in [1.54, 1.807) is 17.9 Å². The summed E-state index contributed by atoms with van der Waals surface area (Å²) in [5.74, 6) is 0.146. The number of amides is 2. The van der Waals surface area contributed by atoms with Crippen LogP contribution in [0.5, 0.6) is 0 Å². The molecule has 156 valence electrons. The fraction of sp³-hybridized carbons (Fsp3) is 0.417. The van der Waals surface area contributed by atoms with Gasteiger partial charge in [0, 0.05) is 24.5 Å². The van der Waals surface area contributed by atoms with E-state index in [0.29, 0.717) is 36.9 Å². The molecule has 1 atom stereocenters. The average Bonchev–Trinajstić information content (AvgIpc) is 2.70. The third-order valence-electron chi connectivity index (χ3n) is 4.90. The maximum absolute atomic E-state index is 13.1. The van der Waals surface area contributed by atoms with Crippen molar-refractivity contribution in [1.29, 1.82) is 0 Å². The topological polar surface area (TPSA) is 49.4 Å². The number of carbonyl (C=O) groups excluding carboxylic acids is 2. The van der Waals surface area contributed by atoms with Crippen LogP contribution < -0.4 is 5.32 Å². The molecule has 0 fully saturated rings. The predicted octanol–water partition coefficient (Wildman–Crippen LogP) is 4.77. The number of hydrogen-bond donors (Lipinski definition) is 1. The molecule has 0 unspecified atom stereocenters. The number of halogens is 1. The molecule has 29 heavy (non-hydrogen) atoms. The molecule has 0 aliphatic rings. The van der Waals surface area contributed by atoms with Crippen LogP contribution in [0.25, 0.3) is 0 Å². The highest BCUT2D eigenvalue weighted by atomic mass is 35.5. The standard InChI is InChI=1S/C24H31ClN2O2/c1-17(2)15-26-24(29)19(4)27(16-21-7-5-6-8-22(21)25)23(28)14-13-20-11-9-18(3)10-12-20/h5-12,17,19H,13-16H2,1-4H3,(H,26,29)/t19-/m1/s1. The number of benzene rings is 2. The van der Waals surface area contributed by atoms with Crippen molar-refractivity contribution in [2.45, 2.75) is 53.1 Å². The Hall–Kier alpha value is -2.33. The van der Waals surface area contributed by atoms with E-state index in [1.807, 2.05) is 63.2 Å². The van der Waals surface area contributed by atoms with Crippen molar-refractivity contribution < 1.29 is 9.59 Å². The lowest BCUT2D eigenvalue weighted by molar-refractivity contribution is -0.140. The van der Waals surface area contributed by atoms with Gasteiger partial charge in [0.1, 0.15) is 6.04 Å². The number of carbonyl (C=O) groups is 2. The predicted molar refractivity (Wildman–Crippen MR) is 119 cm³/mol. The molecule has 5 heteroatoms. The molecule has 1 N–H and O–H groups in total. The van der Waals surface area contributed by atoms with Crippen molar-refractivity contribution in [3.8, 4) is 0 Å². The lowest BCUT2D eigenvalue weighted by Gasteiger charge is -2.29. The molecule has 0 saturated carbocycles. The van der Waals surface area contributed by atoms with Gasteiger partial charge in [0.2, 0.25) is 11.8 Å². The van der Waals surface area contributed by atoms with E-state index in [-0.39, 0.29) is 11.8 Å². The lowest BCUT2D eigenvalue weighted by Crippen LogP contribution is -2.48. The van der Waals surface area contributed by atoms with Crippen molar-refractivity contribution in [2.75, 3.05) is 6.54 Å². The third kappa shape index (κ3) is 7.21. The van der Waals surface area contributed by atoms with Gasteiger partial charge < -0.3 is 10.2 Å². The molecule has 2 aromatic rings. The number of nitrogens with zero attached hydrogens (tertiary/aromatic N) is 1. The summed E-state index contributed by atoms with van der Waals surface area (Å²) < 4.78 is 0. The highest BCUT2D eigenvalue weighted by Gasteiger charge is 2.26.